The quantitative estimate of drug-likeness (QED) is 0.543. The van der Waals surface area contributed by atoms with Crippen LogP contribution in [0.5, 0.6) is 0 Å². The van der Waals surface area contributed by atoms with Crippen molar-refractivity contribution in [2.45, 2.75) is 32.6 Å². The Kier molecular flexibility index (Phi) is 6.41. The summed E-state index contributed by atoms with van der Waals surface area (Å²) in [5.74, 6) is 0.937. The van der Waals surface area contributed by atoms with E-state index in [1.807, 2.05) is 44.3 Å². The number of aliphatic imine (C=N–C) groups is 1. The molecule has 27 heavy (non-hydrogen) atoms. The van der Waals surface area contributed by atoms with Crippen molar-refractivity contribution in [1.82, 2.24) is 15.6 Å². The van der Waals surface area contributed by atoms with Crippen LogP contribution in [-0.4, -0.2) is 36.5 Å². The molecule has 0 fully saturated rings. The van der Waals surface area contributed by atoms with E-state index in [-0.39, 0.29) is 11.8 Å². The summed E-state index contributed by atoms with van der Waals surface area (Å²) in [6.07, 6.45) is 3.26. The number of fused-ring (bicyclic) bond motifs is 1. The number of pyridine rings is 1. The average molecular weight is 365 g/mol. The van der Waals surface area contributed by atoms with Crippen molar-refractivity contribution < 1.29 is 4.79 Å². The number of nitrogens with one attached hydrogen (secondary N) is 3. The van der Waals surface area contributed by atoms with Gasteiger partial charge in [0.05, 0.1) is 6.54 Å². The third-order valence-electron chi connectivity index (χ3n) is 4.60. The third kappa shape index (κ3) is 5.29. The number of para-hydroxylation sites is 1. The van der Waals surface area contributed by atoms with Crippen LogP contribution in [0.4, 0.5) is 5.69 Å². The van der Waals surface area contributed by atoms with E-state index in [4.69, 9.17) is 4.99 Å². The van der Waals surface area contributed by atoms with E-state index in [2.05, 4.69) is 33.1 Å². The molecule has 1 aliphatic rings. The molecule has 1 aromatic carbocycles. The number of benzene rings is 1. The van der Waals surface area contributed by atoms with Gasteiger partial charge in [-0.05, 0) is 43.5 Å². The molecule has 0 saturated heterocycles. The summed E-state index contributed by atoms with van der Waals surface area (Å²) in [6.45, 7) is 6.18. The van der Waals surface area contributed by atoms with Crippen LogP contribution in [0.2, 0.25) is 0 Å². The van der Waals surface area contributed by atoms with Gasteiger partial charge in [0.15, 0.2) is 5.96 Å². The second-order valence-electron chi connectivity index (χ2n) is 6.74. The summed E-state index contributed by atoms with van der Waals surface area (Å²) in [5, 5.41) is 9.58. The van der Waals surface area contributed by atoms with E-state index < -0.39 is 0 Å². The maximum atomic E-state index is 12.0. The van der Waals surface area contributed by atoms with Crippen LogP contribution in [0, 0.1) is 6.92 Å². The molecule has 3 N–H and O–H groups in total. The summed E-state index contributed by atoms with van der Waals surface area (Å²) in [6, 6.07) is 12.1. The largest absolute Gasteiger partial charge is 0.357 e. The van der Waals surface area contributed by atoms with Gasteiger partial charge in [-0.25, -0.2) is 0 Å². The van der Waals surface area contributed by atoms with Gasteiger partial charge in [-0.2, -0.15) is 0 Å². The Balaban J connectivity index is 1.60. The summed E-state index contributed by atoms with van der Waals surface area (Å²) in [4.78, 5) is 21.0. The van der Waals surface area contributed by atoms with Crippen molar-refractivity contribution in [3.63, 3.8) is 0 Å². The molecular formula is C21H27N5O. The van der Waals surface area contributed by atoms with E-state index in [9.17, 15) is 4.79 Å². The number of amides is 1. The first kappa shape index (κ1) is 18.9. The van der Waals surface area contributed by atoms with Crippen LogP contribution in [0.1, 0.15) is 36.1 Å². The lowest BCUT2D eigenvalue weighted by atomic mass is 9.91. The van der Waals surface area contributed by atoms with Crippen LogP contribution in [0.25, 0.3) is 0 Å². The van der Waals surface area contributed by atoms with E-state index >= 15 is 0 Å². The molecule has 1 atom stereocenters. The van der Waals surface area contributed by atoms with Crippen molar-refractivity contribution in [2.75, 3.05) is 25.0 Å². The number of aromatic nitrogens is 1. The summed E-state index contributed by atoms with van der Waals surface area (Å²) in [5.41, 5.74) is 4.28. The molecule has 142 valence electrons. The molecule has 0 bridgehead atoms. The van der Waals surface area contributed by atoms with Crippen molar-refractivity contribution in [3.05, 3.63) is 59.4 Å². The third-order valence-corrected chi connectivity index (χ3v) is 4.60. The van der Waals surface area contributed by atoms with Crippen LogP contribution in [-0.2, 0) is 11.2 Å². The SMILES string of the molecule is CCNC(=NCC1CC(=O)Nc2ccccc21)NCCc1ccc(C)nc1. The Morgan fingerprint density at radius 2 is 2.11 bits per heavy atom. The van der Waals surface area contributed by atoms with Gasteiger partial charge in [-0.15, -0.1) is 0 Å². The number of guanidine groups is 1. The number of aryl methyl sites for hydroxylation is 1. The first-order valence-corrected chi connectivity index (χ1v) is 9.48. The lowest BCUT2D eigenvalue weighted by Crippen LogP contribution is -2.38. The van der Waals surface area contributed by atoms with Crippen molar-refractivity contribution >= 4 is 17.6 Å². The van der Waals surface area contributed by atoms with E-state index in [0.717, 1.165) is 42.4 Å². The van der Waals surface area contributed by atoms with Crippen molar-refractivity contribution in [3.8, 4) is 0 Å². The van der Waals surface area contributed by atoms with E-state index in [1.165, 1.54) is 5.56 Å². The number of hydrogen-bond donors (Lipinski definition) is 3. The van der Waals surface area contributed by atoms with Crippen molar-refractivity contribution in [1.29, 1.82) is 0 Å². The Morgan fingerprint density at radius 3 is 2.89 bits per heavy atom. The van der Waals surface area contributed by atoms with Gasteiger partial charge in [0.25, 0.3) is 0 Å². The molecule has 1 aliphatic heterocycles. The highest BCUT2D eigenvalue weighted by atomic mass is 16.1. The number of anilines is 1. The Labute approximate surface area is 160 Å². The smallest absolute Gasteiger partial charge is 0.225 e. The zero-order valence-corrected chi connectivity index (χ0v) is 16.0. The minimum absolute atomic E-state index is 0.0544. The minimum atomic E-state index is 0.0544. The second-order valence-corrected chi connectivity index (χ2v) is 6.74. The van der Waals surface area contributed by atoms with Gasteiger partial charge in [0, 0.05) is 43.0 Å². The zero-order valence-electron chi connectivity index (χ0n) is 16.0. The lowest BCUT2D eigenvalue weighted by Gasteiger charge is -2.24. The normalized spacial score (nSPS) is 16.4. The van der Waals surface area contributed by atoms with E-state index in [1.54, 1.807) is 0 Å². The molecule has 1 aromatic heterocycles. The van der Waals surface area contributed by atoms with Crippen LogP contribution in [0.3, 0.4) is 0 Å². The number of nitrogens with zero attached hydrogens (tertiary/aromatic N) is 2. The Hall–Kier alpha value is -2.89. The maximum Gasteiger partial charge on any atom is 0.225 e. The van der Waals surface area contributed by atoms with Gasteiger partial charge < -0.3 is 16.0 Å². The molecule has 3 rings (SSSR count). The molecule has 0 radical (unpaired) electrons. The highest BCUT2D eigenvalue weighted by Gasteiger charge is 2.24. The number of carbonyl (C=O) groups excluding carboxylic acids is 1. The molecule has 1 amide bonds. The second kappa shape index (κ2) is 9.16. The Morgan fingerprint density at radius 1 is 1.26 bits per heavy atom. The lowest BCUT2D eigenvalue weighted by molar-refractivity contribution is -0.116. The molecule has 0 spiro atoms. The van der Waals surface area contributed by atoms with Crippen molar-refractivity contribution in [2.24, 2.45) is 4.99 Å². The first-order valence-electron chi connectivity index (χ1n) is 9.48. The van der Waals surface area contributed by atoms with Gasteiger partial charge in [0.1, 0.15) is 0 Å². The summed E-state index contributed by atoms with van der Waals surface area (Å²) < 4.78 is 0. The van der Waals surface area contributed by atoms with Crippen LogP contribution in [0.15, 0.2) is 47.6 Å². The zero-order chi connectivity index (χ0) is 19.1. The highest BCUT2D eigenvalue weighted by Crippen LogP contribution is 2.31. The van der Waals surface area contributed by atoms with Gasteiger partial charge >= 0.3 is 0 Å². The topological polar surface area (TPSA) is 78.4 Å². The maximum absolute atomic E-state index is 12.0. The predicted molar refractivity (Wildman–Crippen MR) is 109 cm³/mol. The summed E-state index contributed by atoms with van der Waals surface area (Å²) >= 11 is 0. The molecule has 1 unspecified atom stereocenters. The predicted octanol–water partition coefficient (Wildman–Crippen LogP) is 2.61. The number of carbonyl (C=O) groups is 1. The molecule has 2 heterocycles. The van der Waals surface area contributed by atoms with E-state index in [0.29, 0.717) is 13.0 Å². The monoisotopic (exact) mass is 365 g/mol. The minimum Gasteiger partial charge on any atom is -0.357 e. The standard InChI is InChI=1S/C21H27N5O/c1-3-22-21(23-11-10-16-9-8-15(2)24-13-16)25-14-17-12-20(27)26-19-7-5-4-6-18(17)19/h4-9,13,17H,3,10-12,14H2,1-2H3,(H,26,27)(H2,22,23,25). The molecule has 6 heteroatoms. The van der Waals surface area contributed by atoms with Crippen LogP contribution < -0.4 is 16.0 Å². The molecule has 6 nitrogen and oxygen atoms in total. The fourth-order valence-corrected chi connectivity index (χ4v) is 3.18. The highest BCUT2D eigenvalue weighted by molar-refractivity contribution is 5.94. The van der Waals surface area contributed by atoms with Gasteiger partial charge in [-0.3, -0.25) is 14.8 Å². The fourth-order valence-electron chi connectivity index (χ4n) is 3.18. The summed E-state index contributed by atoms with van der Waals surface area (Å²) in [7, 11) is 0. The molecular weight excluding hydrogens is 338 g/mol. The van der Waals surface area contributed by atoms with Crippen LogP contribution >= 0.6 is 0 Å². The molecule has 0 aliphatic carbocycles. The molecule has 2 aromatic rings. The van der Waals surface area contributed by atoms with Gasteiger partial charge in [0.2, 0.25) is 5.91 Å². The average Bonchev–Trinajstić information content (AvgIpc) is 2.67. The van der Waals surface area contributed by atoms with Gasteiger partial charge in [-0.1, -0.05) is 24.3 Å². The number of hydrogen-bond acceptors (Lipinski definition) is 3. The Bertz CT molecular complexity index is 800. The fraction of sp³-hybridized carbons (Fsp3) is 0.381. The number of rotatable bonds is 6. The molecule has 0 saturated carbocycles. The first-order chi connectivity index (χ1) is 13.2.